The summed E-state index contributed by atoms with van der Waals surface area (Å²) >= 11 is 7.59. The monoisotopic (exact) mass is 570 g/mol. The van der Waals surface area contributed by atoms with Crippen LogP contribution in [-0.2, 0) is 13.2 Å². The van der Waals surface area contributed by atoms with E-state index >= 15 is 0 Å². The summed E-state index contributed by atoms with van der Waals surface area (Å²) in [4.78, 5) is 31.0. The lowest BCUT2D eigenvalue weighted by atomic mass is 9.96. The molecule has 206 valence electrons. The molecule has 4 aromatic rings. The second-order valence-electron chi connectivity index (χ2n) is 10.6. The molecule has 9 nitrogen and oxygen atoms in total. The van der Waals surface area contributed by atoms with Crippen LogP contribution < -0.4 is 10.5 Å². The number of carbonyl (C=O) groups excluding carboxylic acids is 1. The van der Waals surface area contributed by atoms with Crippen molar-refractivity contribution in [3.63, 3.8) is 0 Å². The highest BCUT2D eigenvalue weighted by atomic mass is 35.5. The Kier molecular flexibility index (Phi) is 8.20. The van der Waals surface area contributed by atoms with Gasteiger partial charge < -0.3 is 25.6 Å². The first-order valence-electron chi connectivity index (χ1n) is 12.3. The van der Waals surface area contributed by atoms with Gasteiger partial charge in [0.1, 0.15) is 22.4 Å². The molecule has 3 aromatic heterocycles. The number of ether oxygens (including phenoxy) is 1. The lowest BCUT2D eigenvalue weighted by molar-refractivity contribution is 0.0998. The van der Waals surface area contributed by atoms with Crippen LogP contribution in [0, 0.1) is 5.41 Å². The van der Waals surface area contributed by atoms with Crippen LogP contribution in [0.2, 0.25) is 5.02 Å². The van der Waals surface area contributed by atoms with Crippen LogP contribution in [0.1, 0.15) is 60.2 Å². The van der Waals surface area contributed by atoms with Crippen LogP contribution in [0.3, 0.4) is 0 Å². The fourth-order valence-corrected chi connectivity index (χ4v) is 5.60. The summed E-state index contributed by atoms with van der Waals surface area (Å²) in [7, 11) is 0. The number of fused-ring (bicyclic) bond motifs is 1. The molecule has 0 radical (unpaired) electrons. The molecule has 0 aliphatic carbocycles. The number of nitrogens with zero attached hydrogens (tertiary/aromatic N) is 3. The highest BCUT2D eigenvalue weighted by Crippen LogP contribution is 2.39. The molecule has 0 aliphatic rings. The Morgan fingerprint density at radius 1 is 1.21 bits per heavy atom. The van der Waals surface area contributed by atoms with Gasteiger partial charge in [0.2, 0.25) is 0 Å². The van der Waals surface area contributed by atoms with Gasteiger partial charge in [-0.2, -0.15) is 0 Å². The Morgan fingerprint density at radius 2 is 1.92 bits per heavy atom. The minimum absolute atomic E-state index is 0.124. The van der Waals surface area contributed by atoms with Gasteiger partial charge in [-0.25, -0.2) is 9.78 Å². The quantitative estimate of drug-likeness (QED) is 0.227. The number of pyridine rings is 1. The summed E-state index contributed by atoms with van der Waals surface area (Å²) in [6.07, 6.45) is 2.06. The number of thiophene rings is 1. The predicted molar refractivity (Wildman–Crippen MR) is 151 cm³/mol. The van der Waals surface area contributed by atoms with Crippen LogP contribution in [0.15, 0.2) is 48.8 Å². The largest absolute Gasteiger partial charge is 0.484 e. The molecule has 4 rings (SSSR count). The molecule has 0 fully saturated rings. The molecular weight excluding hydrogens is 540 g/mol. The Balaban J connectivity index is 1.66. The van der Waals surface area contributed by atoms with E-state index in [1.807, 2.05) is 50.4 Å². The van der Waals surface area contributed by atoms with E-state index in [1.54, 1.807) is 30.5 Å². The van der Waals surface area contributed by atoms with Crippen molar-refractivity contribution in [2.45, 2.75) is 47.0 Å². The number of amides is 2. The number of aromatic nitrogens is 2. The standard InChI is InChI=1S/C28H31ClN4O5S/c1-16(19-7-5-17(14-34)9-20(19)29)38-22-10-23(39-25(22)26(30)35)21-11-31-24-8-6-18(13-33(21)24)12-32(27(36)37)15-28(2,3)4/h5-11,13,16,34H,12,14-15H2,1-4H3,(H2,30,35)(H,36,37)/t16-/m1/s1. The Hall–Kier alpha value is -3.60. The Bertz CT molecular complexity index is 1520. The number of hydrogen-bond donors (Lipinski definition) is 3. The molecule has 4 N–H and O–H groups in total. The van der Waals surface area contributed by atoms with Gasteiger partial charge in [0.05, 0.1) is 29.9 Å². The van der Waals surface area contributed by atoms with Crippen molar-refractivity contribution in [1.82, 2.24) is 14.3 Å². The molecule has 0 saturated carbocycles. The van der Waals surface area contributed by atoms with Crippen molar-refractivity contribution in [1.29, 1.82) is 0 Å². The fourth-order valence-electron chi connectivity index (χ4n) is 4.30. The lowest BCUT2D eigenvalue weighted by Crippen LogP contribution is -2.36. The number of benzene rings is 1. The minimum atomic E-state index is -0.984. The van der Waals surface area contributed by atoms with Gasteiger partial charge >= 0.3 is 6.09 Å². The number of carboxylic acid groups (broad SMARTS) is 1. The highest BCUT2D eigenvalue weighted by Gasteiger charge is 2.23. The Labute approximate surface area is 235 Å². The third kappa shape index (κ3) is 6.52. The highest BCUT2D eigenvalue weighted by molar-refractivity contribution is 7.17. The molecule has 1 aromatic carbocycles. The molecule has 0 aliphatic heterocycles. The average molecular weight is 571 g/mol. The predicted octanol–water partition coefficient (Wildman–Crippen LogP) is 5.97. The van der Waals surface area contributed by atoms with E-state index in [0.717, 1.165) is 5.56 Å². The lowest BCUT2D eigenvalue weighted by Gasteiger charge is -2.27. The van der Waals surface area contributed by atoms with Crippen LogP contribution in [0.4, 0.5) is 4.79 Å². The van der Waals surface area contributed by atoms with Crippen LogP contribution in [0.5, 0.6) is 5.75 Å². The van der Waals surface area contributed by atoms with Crippen LogP contribution >= 0.6 is 22.9 Å². The van der Waals surface area contributed by atoms with E-state index in [1.165, 1.54) is 16.2 Å². The van der Waals surface area contributed by atoms with Crippen LogP contribution in [0.25, 0.3) is 16.2 Å². The molecule has 11 heteroatoms. The average Bonchev–Trinajstić information content (AvgIpc) is 3.46. The van der Waals surface area contributed by atoms with Crippen molar-refractivity contribution >= 4 is 40.6 Å². The first-order chi connectivity index (χ1) is 18.4. The summed E-state index contributed by atoms with van der Waals surface area (Å²) in [5.74, 6) is -0.297. The van der Waals surface area contributed by atoms with Gasteiger partial charge in [-0.15, -0.1) is 11.3 Å². The normalized spacial score (nSPS) is 12.5. The van der Waals surface area contributed by atoms with Gasteiger partial charge in [0.25, 0.3) is 5.91 Å². The van der Waals surface area contributed by atoms with Gasteiger partial charge in [-0.1, -0.05) is 50.6 Å². The third-order valence-corrected chi connectivity index (χ3v) is 7.52. The number of aliphatic hydroxyl groups excluding tert-OH is 1. The van der Waals surface area contributed by atoms with E-state index in [0.29, 0.717) is 44.7 Å². The molecule has 39 heavy (non-hydrogen) atoms. The van der Waals surface area contributed by atoms with Crippen molar-refractivity contribution in [3.8, 4) is 16.3 Å². The first kappa shape index (κ1) is 28.4. The smallest absolute Gasteiger partial charge is 0.407 e. The summed E-state index contributed by atoms with van der Waals surface area (Å²) < 4.78 is 8.01. The number of nitrogens with two attached hydrogens (primary N) is 1. The third-order valence-electron chi connectivity index (χ3n) is 6.04. The fraction of sp³-hybridized carbons (Fsp3) is 0.321. The number of imidazole rings is 1. The van der Waals surface area contributed by atoms with E-state index < -0.39 is 18.1 Å². The topological polar surface area (TPSA) is 130 Å². The van der Waals surface area contributed by atoms with E-state index in [9.17, 15) is 19.8 Å². The summed E-state index contributed by atoms with van der Waals surface area (Å²) in [6.45, 7) is 8.27. The molecule has 2 amide bonds. The van der Waals surface area contributed by atoms with Crippen molar-refractivity contribution in [3.05, 3.63) is 75.4 Å². The molecule has 0 unspecified atom stereocenters. The van der Waals surface area contributed by atoms with E-state index in [4.69, 9.17) is 22.1 Å². The maximum absolute atomic E-state index is 12.3. The molecule has 0 saturated heterocycles. The van der Waals surface area contributed by atoms with E-state index in [-0.39, 0.29) is 23.4 Å². The summed E-state index contributed by atoms with van der Waals surface area (Å²) in [5.41, 5.74) is 9.07. The first-order valence-corrected chi connectivity index (χ1v) is 13.5. The number of hydrogen-bond acceptors (Lipinski definition) is 6. The van der Waals surface area contributed by atoms with Gasteiger partial charge in [0.15, 0.2) is 0 Å². The molecule has 1 atom stereocenters. The molecule has 3 heterocycles. The number of aliphatic hydroxyl groups is 1. The summed E-state index contributed by atoms with van der Waals surface area (Å²) in [6, 6.07) is 10.6. The molecule has 0 bridgehead atoms. The zero-order chi connectivity index (χ0) is 28.5. The maximum atomic E-state index is 12.3. The van der Waals surface area contributed by atoms with Gasteiger partial charge in [-0.3, -0.25) is 9.20 Å². The number of carbonyl (C=O) groups is 2. The van der Waals surface area contributed by atoms with Gasteiger partial charge in [0, 0.05) is 29.4 Å². The van der Waals surface area contributed by atoms with Gasteiger partial charge in [-0.05, 0) is 35.6 Å². The van der Waals surface area contributed by atoms with E-state index in [2.05, 4.69) is 4.98 Å². The van der Waals surface area contributed by atoms with Crippen molar-refractivity contribution in [2.24, 2.45) is 11.1 Å². The summed E-state index contributed by atoms with van der Waals surface area (Å²) in [5, 5.41) is 19.5. The maximum Gasteiger partial charge on any atom is 0.407 e. The second kappa shape index (κ2) is 11.3. The Morgan fingerprint density at radius 3 is 2.54 bits per heavy atom. The van der Waals surface area contributed by atoms with Crippen LogP contribution in [-0.4, -0.2) is 43.0 Å². The minimum Gasteiger partial charge on any atom is -0.484 e. The number of halogens is 1. The molecular formula is C28H31ClN4O5S. The SMILES string of the molecule is C[C@@H](Oc1cc(-c2cnc3ccc(CN(CC(C)(C)C)C(=O)O)cn23)sc1C(N)=O)c1ccc(CO)cc1Cl. The second-order valence-corrected chi connectivity index (χ2v) is 12.0. The van der Waals surface area contributed by atoms with Crippen molar-refractivity contribution < 1.29 is 24.5 Å². The zero-order valence-corrected chi connectivity index (χ0v) is 23.7. The zero-order valence-electron chi connectivity index (χ0n) is 22.1. The number of rotatable bonds is 9. The van der Waals surface area contributed by atoms with Crippen molar-refractivity contribution in [2.75, 3.05) is 6.54 Å². The molecule has 0 spiro atoms. The number of primary amides is 1.